The third-order valence-electron chi connectivity index (χ3n) is 2.50. The van der Waals surface area contributed by atoms with Crippen molar-refractivity contribution in [3.63, 3.8) is 0 Å². The maximum Gasteiger partial charge on any atom is 0.0364 e. The molecular formula is C16H40IN3. The molecule has 0 unspecified atom stereocenters. The van der Waals surface area contributed by atoms with Crippen LogP contribution in [0.5, 0.6) is 0 Å². The highest BCUT2D eigenvalue weighted by molar-refractivity contribution is 14.1. The third kappa shape index (κ3) is 31.2. The van der Waals surface area contributed by atoms with Crippen LogP contribution in [-0.2, 0) is 0 Å². The van der Waals surface area contributed by atoms with Crippen LogP contribution in [0.2, 0.25) is 0 Å². The fraction of sp³-hybridized carbons (Fsp3) is 1.00. The summed E-state index contributed by atoms with van der Waals surface area (Å²) in [5, 5.41) is 0. The average molecular weight is 401 g/mol. The Balaban J connectivity index is -0.000000202. The van der Waals surface area contributed by atoms with Gasteiger partial charge in [0.25, 0.3) is 0 Å². The first-order valence-corrected chi connectivity index (χ1v) is 9.40. The van der Waals surface area contributed by atoms with Crippen molar-refractivity contribution in [3.05, 3.63) is 0 Å². The highest BCUT2D eigenvalue weighted by atomic mass is 127. The molecular weight excluding hydrogens is 361 g/mol. The molecule has 1 fully saturated rings. The lowest BCUT2D eigenvalue weighted by molar-refractivity contribution is 0.182. The van der Waals surface area contributed by atoms with E-state index >= 15 is 0 Å². The van der Waals surface area contributed by atoms with Crippen molar-refractivity contribution in [1.82, 2.24) is 8.12 Å². The minimum Gasteiger partial charge on any atom is -0.303 e. The Morgan fingerprint density at radius 1 is 0.950 bits per heavy atom. The quantitative estimate of drug-likeness (QED) is 0.296. The van der Waals surface area contributed by atoms with Crippen LogP contribution in [0.4, 0.5) is 0 Å². The molecule has 1 aliphatic heterocycles. The molecule has 126 valence electrons. The zero-order valence-corrected chi connectivity index (χ0v) is 17.1. The lowest BCUT2D eigenvalue weighted by atomic mass is 10.2. The zero-order valence-electron chi connectivity index (χ0n) is 14.9. The van der Waals surface area contributed by atoms with Gasteiger partial charge in [-0.05, 0) is 32.5 Å². The first kappa shape index (κ1) is 25.6. The molecule has 0 spiro atoms. The van der Waals surface area contributed by atoms with E-state index in [1.807, 2.05) is 29.8 Å². The van der Waals surface area contributed by atoms with Gasteiger partial charge in [0.05, 0.1) is 0 Å². The topological polar surface area (TPSA) is 32.5 Å². The van der Waals surface area contributed by atoms with Gasteiger partial charge in [0.2, 0.25) is 0 Å². The van der Waals surface area contributed by atoms with E-state index in [0.29, 0.717) is 0 Å². The van der Waals surface area contributed by atoms with Gasteiger partial charge in [0.1, 0.15) is 0 Å². The highest BCUT2D eigenvalue weighted by Crippen LogP contribution is 2.04. The van der Waals surface area contributed by atoms with Crippen LogP contribution in [0, 0.1) is 0 Å². The molecule has 0 aromatic rings. The number of nitrogens with zero attached hydrogens (tertiary/aromatic N) is 2. The fourth-order valence-electron chi connectivity index (χ4n) is 1.28. The second-order valence-electron chi connectivity index (χ2n) is 4.97. The molecule has 0 amide bonds. The number of hydrazine groups is 1. The molecule has 0 bridgehead atoms. The molecule has 0 atom stereocenters. The van der Waals surface area contributed by atoms with Crippen molar-refractivity contribution in [2.75, 3.05) is 26.2 Å². The van der Waals surface area contributed by atoms with Crippen LogP contribution >= 0.6 is 22.9 Å². The summed E-state index contributed by atoms with van der Waals surface area (Å²) in [6.07, 6.45) is 8.08. The van der Waals surface area contributed by atoms with Gasteiger partial charge in [-0.15, -0.1) is 0 Å². The SMILES string of the molecule is CCC.CCCCC.CCCN1CCC1.CCN(N)I. The molecule has 1 aliphatic rings. The lowest BCUT2D eigenvalue weighted by Gasteiger charge is -2.29. The number of unbranched alkanes of at least 4 members (excludes halogenated alkanes) is 2. The Morgan fingerprint density at radius 2 is 1.35 bits per heavy atom. The Labute approximate surface area is 143 Å². The zero-order chi connectivity index (χ0) is 16.2. The monoisotopic (exact) mass is 401 g/mol. The molecule has 2 N–H and O–H groups in total. The normalized spacial score (nSPS) is 13.1. The van der Waals surface area contributed by atoms with Gasteiger partial charge < -0.3 is 4.90 Å². The van der Waals surface area contributed by atoms with E-state index in [1.54, 1.807) is 3.22 Å². The number of halogens is 1. The molecule has 1 saturated heterocycles. The summed E-state index contributed by atoms with van der Waals surface area (Å²) in [5.41, 5.74) is 0. The molecule has 0 radical (unpaired) electrons. The Bertz CT molecular complexity index is 138. The van der Waals surface area contributed by atoms with Gasteiger partial charge in [-0.1, -0.05) is 67.2 Å². The summed E-state index contributed by atoms with van der Waals surface area (Å²) >= 11 is 2.02. The van der Waals surface area contributed by atoms with Crippen molar-refractivity contribution in [1.29, 1.82) is 0 Å². The van der Waals surface area contributed by atoms with E-state index in [9.17, 15) is 0 Å². The molecule has 3 nitrogen and oxygen atoms in total. The van der Waals surface area contributed by atoms with Crippen LogP contribution in [0.15, 0.2) is 0 Å². The maximum atomic E-state index is 5.11. The van der Waals surface area contributed by atoms with Crippen molar-refractivity contribution < 1.29 is 0 Å². The summed E-state index contributed by atoms with van der Waals surface area (Å²) in [4.78, 5) is 2.49. The summed E-state index contributed by atoms with van der Waals surface area (Å²) in [7, 11) is 0. The summed E-state index contributed by atoms with van der Waals surface area (Å²) < 4.78 is 1.60. The van der Waals surface area contributed by atoms with Crippen LogP contribution in [0.25, 0.3) is 0 Å². The van der Waals surface area contributed by atoms with Gasteiger partial charge in [0, 0.05) is 29.4 Å². The number of nitrogens with two attached hydrogens (primary N) is 1. The molecule has 4 heteroatoms. The van der Waals surface area contributed by atoms with E-state index in [4.69, 9.17) is 5.84 Å². The number of hydrogen-bond acceptors (Lipinski definition) is 3. The van der Waals surface area contributed by atoms with Gasteiger partial charge in [-0.25, -0.2) is 0 Å². The lowest BCUT2D eigenvalue weighted by Crippen LogP contribution is -2.37. The van der Waals surface area contributed by atoms with Crippen LogP contribution in [0.3, 0.4) is 0 Å². The van der Waals surface area contributed by atoms with Crippen molar-refractivity contribution in [2.45, 2.75) is 80.1 Å². The molecule has 0 aromatic heterocycles. The third-order valence-corrected chi connectivity index (χ3v) is 3.18. The number of hydrogen-bond donors (Lipinski definition) is 1. The largest absolute Gasteiger partial charge is 0.303 e. The van der Waals surface area contributed by atoms with Crippen LogP contribution < -0.4 is 5.84 Å². The maximum absolute atomic E-state index is 5.11. The van der Waals surface area contributed by atoms with E-state index in [2.05, 4.69) is 39.5 Å². The minimum absolute atomic E-state index is 0.903. The van der Waals surface area contributed by atoms with E-state index in [0.717, 1.165) is 6.54 Å². The Kier molecular flexibility index (Phi) is 31.5. The van der Waals surface area contributed by atoms with E-state index in [-0.39, 0.29) is 0 Å². The molecule has 1 heterocycles. The highest BCUT2D eigenvalue weighted by Gasteiger charge is 2.10. The fourth-order valence-corrected chi connectivity index (χ4v) is 1.28. The van der Waals surface area contributed by atoms with Gasteiger partial charge in [-0.3, -0.25) is 5.84 Å². The van der Waals surface area contributed by atoms with E-state index < -0.39 is 0 Å². The molecule has 0 saturated carbocycles. The van der Waals surface area contributed by atoms with Crippen molar-refractivity contribution >= 4 is 22.9 Å². The second kappa shape index (κ2) is 24.6. The standard InChI is InChI=1S/C6H13N.C5H12.C3H8.C2H7IN2/c1-2-4-7-5-3-6-7;1-3-5-4-2;1-3-2;1-2-5(3)4/h2-6H2,1H3;3-5H2,1-2H3;3H2,1-2H3;2,4H2,1H3. The molecule has 0 aliphatic carbocycles. The molecule has 20 heavy (non-hydrogen) atoms. The van der Waals surface area contributed by atoms with Gasteiger partial charge in [-0.2, -0.15) is 3.22 Å². The predicted octanol–water partition coefficient (Wildman–Crippen LogP) is 5.25. The van der Waals surface area contributed by atoms with Crippen LogP contribution in [-0.4, -0.2) is 34.3 Å². The average Bonchev–Trinajstić information content (AvgIpc) is 2.37. The first-order chi connectivity index (χ1) is 9.53. The number of likely N-dealkylation sites (tertiary alicyclic amines) is 1. The van der Waals surface area contributed by atoms with Gasteiger partial charge in [0.15, 0.2) is 0 Å². The van der Waals surface area contributed by atoms with Crippen molar-refractivity contribution in [2.24, 2.45) is 5.84 Å². The summed E-state index contributed by atoms with van der Waals surface area (Å²) in [6, 6.07) is 0. The summed E-state index contributed by atoms with van der Waals surface area (Å²) in [5.74, 6) is 5.11. The molecule has 0 aromatic carbocycles. The summed E-state index contributed by atoms with van der Waals surface area (Å²) in [6.45, 7) is 17.8. The number of rotatable bonds is 5. The Hall–Kier alpha value is 0.610. The van der Waals surface area contributed by atoms with E-state index in [1.165, 1.54) is 58.2 Å². The smallest absolute Gasteiger partial charge is 0.0364 e. The van der Waals surface area contributed by atoms with Gasteiger partial charge >= 0.3 is 0 Å². The predicted molar refractivity (Wildman–Crippen MR) is 103 cm³/mol. The van der Waals surface area contributed by atoms with Crippen LogP contribution in [0.1, 0.15) is 80.1 Å². The molecule has 1 rings (SSSR count). The minimum atomic E-state index is 0.903. The second-order valence-corrected chi connectivity index (χ2v) is 6.21. The Morgan fingerprint density at radius 3 is 1.40 bits per heavy atom. The first-order valence-electron chi connectivity index (χ1n) is 8.43. The van der Waals surface area contributed by atoms with Crippen molar-refractivity contribution in [3.8, 4) is 0 Å².